The van der Waals surface area contributed by atoms with Crippen LogP contribution < -0.4 is 10.0 Å². The highest BCUT2D eigenvalue weighted by atomic mass is 32.2. The van der Waals surface area contributed by atoms with Crippen molar-refractivity contribution in [2.75, 3.05) is 6.54 Å². The number of hydrogen-bond donors (Lipinski definition) is 3. The summed E-state index contributed by atoms with van der Waals surface area (Å²) in [5.41, 5.74) is 1.08. The summed E-state index contributed by atoms with van der Waals surface area (Å²) in [6, 6.07) is 6.36. The van der Waals surface area contributed by atoms with Crippen molar-refractivity contribution in [2.24, 2.45) is 5.92 Å². The van der Waals surface area contributed by atoms with Crippen LogP contribution >= 0.6 is 23.3 Å². The van der Waals surface area contributed by atoms with E-state index in [1.165, 1.54) is 43.4 Å². The second-order valence-electron chi connectivity index (χ2n) is 11.5. The Morgan fingerprint density at radius 2 is 1.86 bits per heavy atom. The quantitative estimate of drug-likeness (QED) is 0.295. The van der Waals surface area contributed by atoms with Crippen LogP contribution in [0.15, 0.2) is 35.5 Å². The molecule has 0 bridgehead atoms. The van der Waals surface area contributed by atoms with Gasteiger partial charge in [-0.05, 0) is 71.0 Å². The third-order valence-corrected chi connectivity index (χ3v) is 8.69. The molecule has 1 saturated carbocycles. The van der Waals surface area contributed by atoms with Crippen molar-refractivity contribution < 1.29 is 9.90 Å². The van der Waals surface area contributed by atoms with Crippen LogP contribution in [0.2, 0.25) is 0 Å². The summed E-state index contributed by atoms with van der Waals surface area (Å²) in [4.78, 5) is 24.5. The molecule has 6 nitrogen and oxygen atoms in total. The van der Waals surface area contributed by atoms with E-state index < -0.39 is 5.60 Å². The lowest BCUT2D eigenvalue weighted by Gasteiger charge is -2.21. The van der Waals surface area contributed by atoms with Crippen LogP contribution in [-0.4, -0.2) is 38.7 Å². The highest BCUT2D eigenvalue weighted by molar-refractivity contribution is 7.97. The van der Waals surface area contributed by atoms with Crippen molar-refractivity contribution in [3.63, 3.8) is 0 Å². The number of benzene rings is 1. The van der Waals surface area contributed by atoms with Gasteiger partial charge < -0.3 is 10.4 Å². The van der Waals surface area contributed by atoms with E-state index in [4.69, 9.17) is 4.98 Å². The predicted molar refractivity (Wildman–Crippen MR) is 151 cm³/mol. The van der Waals surface area contributed by atoms with Crippen LogP contribution in [0.3, 0.4) is 0 Å². The number of aliphatic hydroxyl groups is 1. The topological polar surface area (TPSA) is 87.1 Å². The average molecular weight is 527 g/mol. The van der Waals surface area contributed by atoms with Gasteiger partial charge in [0.15, 0.2) is 5.01 Å². The highest BCUT2D eigenvalue weighted by Gasteiger charge is 2.25. The zero-order chi connectivity index (χ0) is 25.9. The molecule has 1 amide bonds. The maximum Gasteiger partial charge on any atom is 0.280 e. The van der Waals surface area contributed by atoms with Crippen molar-refractivity contribution in [3.8, 4) is 10.4 Å². The van der Waals surface area contributed by atoms with Gasteiger partial charge in [0.05, 0.1) is 16.2 Å². The summed E-state index contributed by atoms with van der Waals surface area (Å²) in [5.74, 6) is 0.365. The number of fused-ring (bicyclic) bond motifs is 1. The van der Waals surface area contributed by atoms with Gasteiger partial charge in [0, 0.05) is 45.7 Å². The van der Waals surface area contributed by atoms with Crippen LogP contribution in [0, 0.1) is 5.92 Å². The Bertz CT molecular complexity index is 1200. The summed E-state index contributed by atoms with van der Waals surface area (Å²) in [7, 11) is 0. The standard InChI is InChI=1S/C28H38N4O2S2/c1-27(2,3)32-36-23-12-11-20(21-16-29-14-13-19(21)23)24-22(15-18-9-7-6-8-10-18)31-26(35-24)25(33)30-17-28(4,5)34/h11-14,16,18,32,34H,6-10,15,17H2,1-5H3,(H,30,33). The first-order valence-electron chi connectivity index (χ1n) is 12.8. The van der Waals surface area contributed by atoms with Crippen molar-refractivity contribution >= 4 is 40.0 Å². The molecule has 194 valence electrons. The molecule has 1 fully saturated rings. The molecule has 3 N–H and O–H groups in total. The van der Waals surface area contributed by atoms with Crippen molar-refractivity contribution in [1.82, 2.24) is 20.0 Å². The Balaban J connectivity index is 1.73. The van der Waals surface area contributed by atoms with Crippen molar-refractivity contribution in [1.29, 1.82) is 0 Å². The van der Waals surface area contributed by atoms with Crippen LogP contribution in [0.1, 0.15) is 82.2 Å². The number of nitrogens with zero attached hydrogens (tertiary/aromatic N) is 2. The summed E-state index contributed by atoms with van der Waals surface area (Å²) in [6.07, 6.45) is 10.9. The van der Waals surface area contributed by atoms with E-state index in [1.807, 2.05) is 12.4 Å². The SMILES string of the molecule is CC(C)(O)CNC(=O)c1nc(CC2CCCCC2)c(-c2ccc(SNC(C)(C)C)c3ccncc23)s1. The number of thiazole rings is 1. The average Bonchev–Trinajstić information content (AvgIpc) is 3.24. The van der Waals surface area contributed by atoms with Crippen molar-refractivity contribution in [3.05, 3.63) is 41.3 Å². The summed E-state index contributed by atoms with van der Waals surface area (Å²) in [6.45, 7) is 10.00. The first-order valence-corrected chi connectivity index (χ1v) is 14.4. The molecule has 0 saturated heterocycles. The van der Waals surface area contributed by atoms with Gasteiger partial charge in [0.25, 0.3) is 5.91 Å². The fourth-order valence-electron chi connectivity index (χ4n) is 4.49. The molecule has 0 spiro atoms. The maximum atomic E-state index is 13.0. The molecule has 0 unspecified atom stereocenters. The van der Waals surface area contributed by atoms with Gasteiger partial charge >= 0.3 is 0 Å². The molecule has 1 aliphatic carbocycles. The van der Waals surface area contributed by atoms with E-state index in [2.05, 4.69) is 54.0 Å². The number of amides is 1. The summed E-state index contributed by atoms with van der Waals surface area (Å²) < 4.78 is 3.51. The van der Waals surface area contributed by atoms with Crippen LogP contribution in [0.4, 0.5) is 0 Å². The van der Waals surface area contributed by atoms with E-state index in [9.17, 15) is 9.90 Å². The van der Waals surface area contributed by atoms with Crippen LogP contribution in [0.5, 0.6) is 0 Å². The third-order valence-electron chi connectivity index (χ3n) is 6.27. The normalized spacial score (nSPS) is 15.4. The molecule has 0 radical (unpaired) electrons. The molecule has 0 aliphatic heterocycles. The summed E-state index contributed by atoms with van der Waals surface area (Å²) >= 11 is 3.08. The van der Waals surface area contributed by atoms with E-state index >= 15 is 0 Å². The Labute approximate surface area is 222 Å². The second kappa shape index (κ2) is 11.2. The van der Waals surface area contributed by atoms with E-state index in [0.29, 0.717) is 10.9 Å². The fourth-order valence-corrected chi connectivity index (χ4v) is 6.38. The Kier molecular flexibility index (Phi) is 8.39. The van der Waals surface area contributed by atoms with Crippen LogP contribution in [0.25, 0.3) is 21.2 Å². The van der Waals surface area contributed by atoms with Gasteiger partial charge in [-0.2, -0.15) is 0 Å². The molecular formula is C28H38N4O2S2. The van der Waals surface area contributed by atoms with Gasteiger partial charge in [-0.1, -0.05) is 38.2 Å². The fraction of sp³-hybridized carbons (Fsp3) is 0.536. The molecular weight excluding hydrogens is 488 g/mol. The van der Waals surface area contributed by atoms with Gasteiger partial charge in [0.1, 0.15) is 0 Å². The minimum atomic E-state index is -0.975. The maximum absolute atomic E-state index is 13.0. The summed E-state index contributed by atoms with van der Waals surface area (Å²) in [5, 5.41) is 15.6. The molecule has 3 aromatic rings. The molecule has 1 aliphatic rings. The molecule has 8 heteroatoms. The second-order valence-corrected chi connectivity index (χ2v) is 13.3. The molecule has 2 heterocycles. The van der Waals surface area contributed by atoms with Gasteiger partial charge in [0.2, 0.25) is 0 Å². The molecule has 1 aromatic carbocycles. The highest BCUT2D eigenvalue weighted by Crippen LogP contribution is 2.40. The number of nitrogens with one attached hydrogen (secondary N) is 2. The lowest BCUT2D eigenvalue weighted by Crippen LogP contribution is -2.38. The van der Waals surface area contributed by atoms with E-state index in [1.54, 1.807) is 25.8 Å². The van der Waals surface area contributed by atoms with E-state index in [-0.39, 0.29) is 18.0 Å². The number of carbonyl (C=O) groups excluding carboxylic acids is 1. The third kappa shape index (κ3) is 7.06. The first kappa shape index (κ1) is 27.0. The molecule has 2 aromatic heterocycles. The van der Waals surface area contributed by atoms with E-state index in [0.717, 1.165) is 38.2 Å². The number of carbonyl (C=O) groups is 1. The molecule has 36 heavy (non-hydrogen) atoms. The Hall–Kier alpha value is -2.00. The zero-order valence-electron chi connectivity index (χ0n) is 22.0. The smallest absolute Gasteiger partial charge is 0.280 e. The Morgan fingerprint density at radius 3 is 2.56 bits per heavy atom. The lowest BCUT2D eigenvalue weighted by molar-refractivity contribution is 0.0694. The molecule has 0 atom stereocenters. The van der Waals surface area contributed by atoms with Crippen LogP contribution in [-0.2, 0) is 6.42 Å². The number of pyridine rings is 1. The van der Waals surface area contributed by atoms with Gasteiger partial charge in [-0.3, -0.25) is 14.5 Å². The number of hydrogen-bond acceptors (Lipinski definition) is 7. The number of aromatic nitrogens is 2. The monoisotopic (exact) mass is 526 g/mol. The molecule has 4 rings (SSSR count). The zero-order valence-corrected chi connectivity index (χ0v) is 23.6. The lowest BCUT2D eigenvalue weighted by atomic mass is 9.85. The predicted octanol–water partition coefficient (Wildman–Crippen LogP) is 6.38. The van der Waals surface area contributed by atoms with Gasteiger partial charge in [-0.15, -0.1) is 11.3 Å². The largest absolute Gasteiger partial charge is 0.389 e. The minimum Gasteiger partial charge on any atom is -0.389 e. The minimum absolute atomic E-state index is 0.0150. The first-order chi connectivity index (χ1) is 17.0. The van der Waals surface area contributed by atoms with Crippen molar-refractivity contribution in [2.45, 2.75) is 89.2 Å². The Morgan fingerprint density at radius 1 is 1.11 bits per heavy atom. The number of rotatable bonds is 8. The van der Waals surface area contributed by atoms with Gasteiger partial charge in [-0.25, -0.2) is 4.98 Å².